The van der Waals surface area contributed by atoms with E-state index < -0.39 is 0 Å². The highest BCUT2D eigenvalue weighted by atomic mass is 15.0. The molecule has 2 nitrogen and oxygen atoms in total. The Kier molecular flexibility index (Phi) is 3.17. The van der Waals surface area contributed by atoms with Crippen LogP contribution in [0.4, 0.5) is 0 Å². The molecule has 2 heterocycles. The quantitative estimate of drug-likeness (QED) is 0.354. The summed E-state index contributed by atoms with van der Waals surface area (Å²) in [6.45, 7) is 6.48. The summed E-state index contributed by atoms with van der Waals surface area (Å²) in [5, 5.41) is 1.30. The van der Waals surface area contributed by atoms with Crippen molar-refractivity contribution in [3.63, 3.8) is 0 Å². The molecule has 3 aromatic carbocycles. The summed E-state index contributed by atoms with van der Waals surface area (Å²) in [6.07, 6.45) is 0. The van der Waals surface area contributed by atoms with Gasteiger partial charge >= 0.3 is 0 Å². The van der Waals surface area contributed by atoms with Gasteiger partial charge in [0.15, 0.2) is 0 Å². The topological polar surface area (TPSA) is 17.3 Å². The second-order valence-electron chi connectivity index (χ2n) is 7.14. The average molecular weight is 336 g/mol. The minimum Gasteiger partial charge on any atom is -0.305 e. The Balaban J connectivity index is 2.04. The van der Waals surface area contributed by atoms with E-state index in [1.165, 1.54) is 33.1 Å². The minimum absolute atomic E-state index is 1.02. The largest absolute Gasteiger partial charge is 0.305 e. The zero-order valence-corrected chi connectivity index (χ0v) is 15.2. The zero-order chi connectivity index (χ0) is 17.8. The van der Waals surface area contributed by atoms with E-state index in [1.54, 1.807) is 0 Å². The van der Waals surface area contributed by atoms with Crippen LogP contribution in [-0.2, 0) is 0 Å². The summed E-state index contributed by atoms with van der Waals surface area (Å²) >= 11 is 0. The fraction of sp³-hybridized carbons (Fsp3) is 0.125. The molecule has 0 aliphatic rings. The molecular weight excluding hydrogens is 316 g/mol. The standard InChI is InChI=1S/C24H20N2/c1-15-8-11-18(12-9-15)23-24-17(3)19-14-16(2)10-13-21(19)26(24)22-7-5-4-6-20(22)25-23/h4-14H,1-3H3. The Morgan fingerprint density at radius 3 is 2.27 bits per heavy atom. The van der Waals surface area contributed by atoms with Gasteiger partial charge in [-0.15, -0.1) is 0 Å². The van der Waals surface area contributed by atoms with Crippen molar-refractivity contribution in [3.8, 4) is 11.3 Å². The van der Waals surface area contributed by atoms with E-state index in [-0.39, 0.29) is 0 Å². The second kappa shape index (κ2) is 5.43. The monoisotopic (exact) mass is 336 g/mol. The highest BCUT2D eigenvalue weighted by Gasteiger charge is 2.17. The molecule has 126 valence electrons. The van der Waals surface area contributed by atoms with E-state index in [9.17, 15) is 0 Å². The summed E-state index contributed by atoms with van der Waals surface area (Å²) in [7, 11) is 0. The maximum Gasteiger partial charge on any atom is 0.0953 e. The lowest BCUT2D eigenvalue weighted by Gasteiger charge is -2.10. The molecule has 2 heteroatoms. The number of hydrogen-bond acceptors (Lipinski definition) is 1. The minimum atomic E-state index is 1.02. The van der Waals surface area contributed by atoms with Crippen molar-refractivity contribution in [3.05, 3.63) is 83.4 Å². The Morgan fingerprint density at radius 2 is 1.46 bits per heavy atom. The number of nitrogens with zero attached hydrogens (tertiary/aromatic N) is 2. The van der Waals surface area contributed by atoms with Gasteiger partial charge in [0.1, 0.15) is 0 Å². The van der Waals surface area contributed by atoms with Gasteiger partial charge in [0.25, 0.3) is 0 Å². The fourth-order valence-corrected chi connectivity index (χ4v) is 3.93. The third kappa shape index (κ3) is 2.08. The van der Waals surface area contributed by atoms with E-state index in [0.29, 0.717) is 0 Å². The van der Waals surface area contributed by atoms with Gasteiger partial charge in [0.2, 0.25) is 0 Å². The Bertz CT molecular complexity index is 1290. The van der Waals surface area contributed by atoms with Crippen molar-refractivity contribution in [1.82, 2.24) is 9.38 Å². The van der Waals surface area contributed by atoms with Crippen LogP contribution in [0.2, 0.25) is 0 Å². The van der Waals surface area contributed by atoms with Crippen molar-refractivity contribution in [1.29, 1.82) is 0 Å². The van der Waals surface area contributed by atoms with Crippen LogP contribution in [-0.4, -0.2) is 9.38 Å². The van der Waals surface area contributed by atoms with Crippen LogP contribution in [0.25, 0.3) is 38.7 Å². The van der Waals surface area contributed by atoms with Crippen molar-refractivity contribution in [2.24, 2.45) is 0 Å². The Hall–Kier alpha value is -3.13. The predicted molar refractivity (Wildman–Crippen MR) is 110 cm³/mol. The molecule has 0 amide bonds. The molecular formula is C24H20N2. The first kappa shape index (κ1) is 15.2. The molecule has 0 atom stereocenters. The summed E-state index contributed by atoms with van der Waals surface area (Å²) in [6, 6.07) is 23.8. The molecule has 0 fully saturated rings. The third-order valence-corrected chi connectivity index (χ3v) is 5.28. The van der Waals surface area contributed by atoms with Crippen LogP contribution in [0, 0.1) is 20.8 Å². The number of benzene rings is 3. The van der Waals surface area contributed by atoms with E-state index in [1.807, 2.05) is 0 Å². The number of fused-ring (bicyclic) bond motifs is 5. The molecule has 0 radical (unpaired) electrons. The van der Waals surface area contributed by atoms with Crippen LogP contribution in [0.1, 0.15) is 16.7 Å². The van der Waals surface area contributed by atoms with E-state index >= 15 is 0 Å². The van der Waals surface area contributed by atoms with Crippen LogP contribution in [0.5, 0.6) is 0 Å². The number of para-hydroxylation sites is 2. The summed E-state index contributed by atoms with van der Waals surface area (Å²) in [5.74, 6) is 0. The fourth-order valence-electron chi connectivity index (χ4n) is 3.93. The van der Waals surface area contributed by atoms with Gasteiger partial charge in [-0.25, -0.2) is 4.98 Å². The molecule has 0 saturated heterocycles. The lowest BCUT2D eigenvalue weighted by atomic mass is 10.1. The van der Waals surface area contributed by atoms with E-state index in [2.05, 4.69) is 91.9 Å². The second-order valence-corrected chi connectivity index (χ2v) is 7.14. The van der Waals surface area contributed by atoms with Gasteiger partial charge in [0.05, 0.1) is 27.8 Å². The summed E-state index contributed by atoms with van der Waals surface area (Å²) in [5.41, 5.74) is 10.7. The molecule has 0 spiro atoms. The molecule has 0 aliphatic heterocycles. The molecule has 0 bridgehead atoms. The molecule has 26 heavy (non-hydrogen) atoms. The lowest BCUT2D eigenvalue weighted by molar-refractivity contribution is 1.26. The first-order valence-electron chi connectivity index (χ1n) is 9.00. The Labute approximate surface area is 152 Å². The predicted octanol–water partition coefficient (Wildman–Crippen LogP) is 6.23. The van der Waals surface area contributed by atoms with E-state index in [4.69, 9.17) is 4.98 Å². The average Bonchev–Trinajstić information content (AvgIpc) is 2.95. The van der Waals surface area contributed by atoms with Crippen molar-refractivity contribution in [2.45, 2.75) is 20.8 Å². The van der Waals surface area contributed by atoms with Gasteiger partial charge < -0.3 is 4.40 Å². The number of hydrogen-bond donors (Lipinski definition) is 0. The summed E-state index contributed by atoms with van der Waals surface area (Å²) in [4.78, 5) is 5.06. The highest BCUT2D eigenvalue weighted by molar-refractivity contribution is 6.02. The maximum absolute atomic E-state index is 5.06. The van der Waals surface area contributed by atoms with Crippen LogP contribution in [0.3, 0.4) is 0 Å². The highest BCUT2D eigenvalue weighted by Crippen LogP contribution is 2.35. The van der Waals surface area contributed by atoms with Crippen molar-refractivity contribution in [2.75, 3.05) is 0 Å². The van der Waals surface area contributed by atoms with Crippen molar-refractivity contribution >= 4 is 27.5 Å². The molecule has 2 aromatic heterocycles. The first-order chi connectivity index (χ1) is 12.6. The zero-order valence-electron chi connectivity index (χ0n) is 15.2. The number of aromatic nitrogens is 2. The van der Waals surface area contributed by atoms with Gasteiger partial charge in [-0.05, 0) is 50.6 Å². The molecule has 0 aliphatic carbocycles. The molecule has 0 unspecified atom stereocenters. The molecule has 0 N–H and O–H groups in total. The maximum atomic E-state index is 5.06. The van der Waals surface area contributed by atoms with E-state index in [0.717, 1.165) is 22.3 Å². The number of aryl methyl sites for hydroxylation is 3. The lowest BCUT2D eigenvalue weighted by Crippen LogP contribution is -1.96. The Morgan fingerprint density at radius 1 is 0.731 bits per heavy atom. The first-order valence-corrected chi connectivity index (χ1v) is 9.00. The van der Waals surface area contributed by atoms with Gasteiger partial charge in [-0.1, -0.05) is 53.6 Å². The third-order valence-electron chi connectivity index (χ3n) is 5.28. The molecule has 5 rings (SSSR count). The van der Waals surface area contributed by atoms with Crippen molar-refractivity contribution < 1.29 is 0 Å². The molecule has 5 aromatic rings. The van der Waals surface area contributed by atoms with Gasteiger partial charge in [-0.3, -0.25) is 0 Å². The van der Waals surface area contributed by atoms with Crippen LogP contribution < -0.4 is 0 Å². The van der Waals surface area contributed by atoms with Gasteiger partial charge in [0, 0.05) is 10.9 Å². The smallest absolute Gasteiger partial charge is 0.0953 e. The van der Waals surface area contributed by atoms with Crippen LogP contribution >= 0.6 is 0 Å². The summed E-state index contributed by atoms with van der Waals surface area (Å²) < 4.78 is 2.38. The SMILES string of the molecule is Cc1ccc(-c2nc3ccccc3n3c2c(C)c2cc(C)ccc23)cc1. The van der Waals surface area contributed by atoms with Crippen LogP contribution in [0.15, 0.2) is 66.7 Å². The number of rotatable bonds is 1. The van der Waals surface area contributed by atoms with Gasteiger partial charge in [-0.2, -0.15) is 0 Å². The molecule has 0 saturated carbocycles. The normalized spacial score (nSPS) is 11.7.